The number of benzene rings is 1. The standard InChI is InChI=1S/C14H13N3O4S/c1-21-12-5-2-10(3-6-12)16-13(18)9-22-14-7-4-11(8-15-14)17(19)20/h2-8H,9H2,1H3,(H,16,18). The molecule has 0 fully saturated rings. The molecule has 0 radical (unpaired) electrons. The molecule has 22 heavy (non-hydrogen) atoms. The minimum absolute atomic E-state index is 0.0768. The van der Waals surface area contributed by atoms with Crippen molar-refractivity contribution < 1.29 is 14.5 Å². The zero-order valence-corrected chi connectivity index (χ0v) is 12.5. The maximum atomic E-state index is 11.8. The predicted octanol–water partition coefficient (Wildman–Crippen LogP) is 2.73. The van der Waals surface area contributed by atoms with Crippen molar-refractivity contribution in [1.29, 1.82) is 0 Å². The maximum absolute atomic E-state index is 11.8. The number of hydrogen-bond acceptors (Lipinski definition) is 6. The molecule has 114 valence electrons. The summed E-state index contributed by atoms with van der Waals surface area (Å²) in [5.74, 6) is 0.689. The highest BCUT2D eigenvalue weighted by Crippen LogP contribution is 2.19. The first-order valence-corrected chi connectivity index (χ1v) is 7.24. The van der Waals surface area contributed by atoms with E-state index in [4.69, 9.17) is 4.74 Å². The van der Waals surface area contributed by atoms with E-state index in [9.17, 15) is 14.9 Å². The minimum Gasteiger partial charge on any atom is -0.497 e. The number of nitrogens with zero attached hydrogens (tertiary/aromatic N) is 2. The van der Waals surface area contributed by atoms with E-state index < -0.39 is 4.92 Å². The molecular weight excluding hydrogens is 306 g/mol. The number of nitro groups is 1. The fraction of sp³-hybridized carbons (Fsp3) is 0.143. The Hall–Kier alpha value is -2.61. The molecule has 0 aliphatic rings. The van der Waals surface area contributed by atoms with Crippen LogP contribution in [0.4, 0.5) is 11.4 Å². The van der Waals surface area contributed by atoms with E-state index in [1.54, 1.807) is 31.4 Å². The molecule has 2 aromatic rings. The number of anilines is 1. The number of nitrogens with one attached hydrogen (secondary N) is 1. The number of carbonyl (C=O) groups excluding carboxylic acids is 1. The van der Waals surface area contributed by atoms with Crippen LogP contribution in [-0.4, -0.2) is 28.7 Å². The van der Waals surface area contributed by atoms with Gasteiger partial charge in [0.05, 0.1) is 22.8 Å². The summed E-state index contributed by atoms with van der Waals surface area (Å²) >= 11 is 1.21. The number of carbonyl (C=O) groups is 1. The van der Waals surface area contributed by atoms with Gasteiger partial charge in [0, 0.05) is 11.8 Å². The first-order chi connectivity index (χ1) is 10.6. The van der Waals surface area contributed by atoms with Gasteiger partial charge in [0.2, 0.25) is 5.91 Å². The molecule has 0 saturated carbocycles. The van der Waals surface area contributed by atoms with Crippen LogP contribution in [0.15, 0.2) is 47.6 Å². The van der Waals surface area contributed by atoms with E-state index in [1.165, 1.54) is 30.1 Å². The molecule has 1 aromatic heterocycles. The number of amides is 1. The molecule has 1 amide bonds. The number of thioether (sulfide) groups is 1. The molecule has 1 aromatic carbocycles. The summed E-state index contributed by atoms with van der Waals surface area (Å²) in [5.41, 5.74) is 0.593. The van der Waals surface area contributed by atoms with Crippen molar-refractivity contribution in [3.05, 3.63) is 52.7 Å². The largest absolute Gasteiger partial charge is 0.497 e. The number of hydrogen-bond donors (Lipinski definition) is 1. The maximum Gasteiger partial charge on any atom is 0.287 e. The summed E-state index contributed by atoms with van der Waals surface area (Å²) < 4.78 is 5.03. The molecule has 0 aliphatic heterocycles. The fourth-order valence-electron chi connectivity index (χ4n) is 1.58. The zero-order chi connectivity index (χ0) is 15.9. The smallest absolute Gasteiger partial charge is 0.287 e. The van der Waals surface area contributed by atoms with Crippen molar-refractivity contribution in [2.75, 3.05) is 18.2 Å². The van der Waals surface area contributed by atoms with Crippen LogP contribution in [0.5, 0.6) is 5.75 Å². The summed E-state index contributed by atoms with van der Waals surface area (Å²) in [6, 6.07) is 9.86. The van der Waals surface area contributed by atoms with Crippen LogP contribution >= 0.6 is 11.8 Å². The Labute approximate surface area is 130 Å². The molecule has 0 bridgehead atoms. The van der Waals surface area contributed by atoms with Gasteiger partial charge in [-0.2, -0.15) is 0 Å². The Balaban J connectivity index is 1.85. The minimum atomic E-state index is -0.516. The van der Waals surface area contributed by atoms with Gasteiger partial charge in [-0.15, -0.1) is 0 Å². The van der Waals surface area contributed by atoms with Crippen molar-refractivity contribution in [1.82, 2.24) is 4.98 Å². The number of aromatic nitrogens is 1. The predicted molar refractivity (Wildman–Crippen MR) is 83.2 cm³/mol. The first-order valence-electron chi connectivity index (χ1n) is 6.25. The van der Waals surface area contributed by atoms with E-state index in [0.717, 1.165) is 0 Å². The normalized spacial score (nSPS) is 10.0. The molecule has 1 N–H and O–H groups in total. The van der Waals surface area contributed by atoms with Crippen molar-refractivity contribution in [3.63, 3.8) is 0 Å². The number of rotatable bonds is 6. The van der Waals surface area contributed by atoms with Gasteiger partial charge in [-0.1, -0.05) is 11.8 Å². The van der Waals surface area contributed by atoms with E-state index >= 15 is 0 Å². The molecule has 0 aliphatic carbocycles. The van der Waals surface area contributed by atoms with E-state index in [1.807, 2.05) is 0 Å². The summed E-state index contributed by atoms with van der Waals surface area (Å²) in [5, 5.41) is 13.8. The van der Waals surface area contributed by atoms with Crippen molar-refractivity contribution >= 4 is 29.0 Å². The quantitative estimate of drug-likeness (QED) is 0.500. The third-order valence-corrected chi connectivity index (χ3v) is 3.60. The molecule has 0 saturated heterocycles. The molecule has 0 atom stereocenters. The Bertz CT molecular complexity index is 659. The van der Waals surface area contributed by atoms with Gasteiger partial charge >= 0.3 is 0 Å². The average Bonchev–Trinajstić information content (AvgIpc) is 2.54. The highest BCUT2D eigenvalue weighted by Gasteiger charge is 2.08. The number of methoxy groups -OCH3 is 1. The van der Waals surface area contributed by atoms with Gasteiger partial charge in [0.25, 0.3) is 5.69 Å². The van der Waals surface area contributed by atoms with Gasteiger partial charge < -0.3 is 10.1 Å². The fourth-order valence-corrected chi connectivity index (χ4v) is 2.22. The molecule has 7 nitrogen and oxygen atoms in total. The van der Waals surface area contributed by atoms with Crippen molar-refractivity contribution in [2.24, 2.45) is 0 Å². The Kier molecular flexibility index (Phi) is 5.31. The van der Waals surface area contributed by atoms with Crippen LogP contribution in [0.1, 0.15) is 0 Å². The third kappa shape index (κ3) is 4.45. The zero-order valence-electron chi connectivity index (χ0n) is 11.7. The summed E-state index contributed by atoms with van der Waals surface area (Å²) in [6.07, 6.45) is 1.17. The van der Waals surface area contributed by atoms with Gasteiger partial charge in [-0.3, -0.25) is 14.9 Å². The SMILES string of the molecule is COc1ccc(NC(=O)CSc2ccc([N+](=O)[O-])cn2)cc1. The second-order valence-corrected chi connectivity index (χ2v) is 5.17. The third-order valence-electron chi connectivity index (χ3n) is 2.66. The van der Waals surface area contributed by atoms with E-state index in [2.05, 4.69) is 10.3 Å². The average molecular weight is 319 g/mol. The topological polar surface area (TPSA) is 94.4 Å². The highest BCUT2D eigenvalue weighted by atomic mass is 32.2. The van der Waals surface area contributed by atoms with Crippen molar-refractivity contribution in [2.45, 2.75) is 5.03 Å². The summed E-state index contributed by atoms with van der Waals surface area (Å²) in [4.78, 5) is 25.7. The van der Waals surface area contributed by atoms with Crippen LogP contribution in [0, 0.1) is 10.1 Å². The van der Waals surface area contributed by atoms with Crippen LogP contribution in [0.2, 0.25) is 0 Å². The van der Waals surface area contributed by atoms with E-state index in [0.29, 0.717) is 16.5 Å². The van der Waals surface area contributed by atoms with Crippen molar-refractivity contribution in [3.8, 4) is 5.75 Å². The monoisotopic (exact) mass is 319 g/mol. The molecule has 8 heteroatoms. The van der Waals surface area contributed by atoms with Crippen LogP contribution in [0.25, 0.3) is 0 Å². The summed E-state index contributed by atoms with van der Waals surface area (Å²) in [7, 11) is 1.57. The van der Waals surface area contributed by atoms with Crippen LogP contribution in [-0.2, 0) is 4.79 Å². The second-order valence-electron chi connectivity index (χ2n) is 4.18. The van der Waals surface area contributed by atoms with Gasteiger partial charge in [-0.25, -0.2) is 4.98 Å². The van der Waals surface area contributed by atoms with Gasteiger partial charge in [-0.05, 0) is 30.3 Å². The number of ether oxygens (including phenoxy) is 1. The first kappa shape index (κ1) is 15.8. The second kappa shape index (κ2) is 7.41. The lowest BCUT2D eigenvalue weighted by Gasteiger charge is -2.06. The molecule has 2 rings (SSSR count). The Morgan fingerprint density at radius 3 is 2.59 bits per heavy atom. The Morgan fingerprint density at radius 1 is 1.32 bits per heavy atom. The molecular formula is C14H13N3O4S. The highest BCUT2D eigenvalue weighted by molar-refractivity contribution is 7.99. The lowest BCUT2D eigenvalue weighted by molar-refractivity contribution is -0.385. The number of pyridine rings is 1. The van der Waals surface area contributed by atoms with E-state index in [-0.39, 0.29) is 17.3 Å². The Morgan fingerprint density at radius 2 is 2.05 bits per heavy atom. The van der Waals surface area contributed by atoms with Gasteiger partial charge in [0.15, 0.2) is 0 Å². The lowest BCUT2D eigenvalue weighted by atomic mass is 10.3. The van der Waals surface area contributed by atoms with Crippen LogP contribution < -0.4 is 10.1 Å². The molecule has 0 spiro atoms. The molecule has 0 unspecified atom stereocenters. The molecule has 1 heterocycles. The lowest BCUT2D eigenvalue weighted by Crippen LogP contribution is -2.14. The van der Waals surface area contributed by atoms with Gasteiger partial charge in [0.1, 0.15) is 11.9 Å². The van der Waals surface area contributed by atoms with Crippen LogP contribution in [0.3, 0.4) is 0 Å². The summed E-state index contributed by atoms with van der Waals surface area (Å²) in [6.45, 7) is 0.